The number of amides is 1. The number of carbonyl (C=O) groups is 1. The predicted octanol–water partition coefficient (Wildman–Crippen LogP) is 2.11. The molecule has 1 heterocycles. The Kier molecular flexibility index (Phi) is 4.70. The molecule has 0 bridgehead atoms. The van der Waals surface area contributed by atoms with E-state index in [9.17, 15) is 35.2 Å². The van der Waals surface area contributed by atoms with Crippen molar-refractivity contribution < 1.29 is 44.1 Å². The minimum Gasteiger partial charge on any atom is -0.444 e. The number of likely N-dealkylation sites (tertiary alicyclic amines) is 1. The minimum atomic E-state index is -6.20. The zero-order chi connectivity index (χ0) is 17.6. The van der Waals surface area contributed by atoms with Crippen molar-refractivity contribution in [2.45, 2.75) is 43.9 Å². The van der Waals surface area contributed by atoms with E-state index in [-0.39, 0.29) is 0 Å². The van der Waals surface area contributed by atoms with Crippen LogP contribution >= 0.6 is 0 Å². The molecule has 6 nitrogen and oxygen atoms in total. The summed E-state index contributed by atoms with van der Waals surface area (Å²) >= 11 is 0. The van der Waals surface area contributed by atoms with Gasteiger partial charge in [0.2, 0.25) is 0 Å². The monoisotopic (exact) mass is 355 g/mol. The molecule has 0 aromatic heterocycles. The molecule has 1 fully saturated rings. The summed E-state index contributed by atoms with van der Waals surface area (Å²) < 4.78 is 93.5. The number of carbonyl (C=O) groups excluding carboxylic acids is 1. The molecule has 1 aliphatic rings. The van der Waals surface area contributed by atoms with Gasteiger partial charge in [-0.3, -0.25) is 9.08 Å². The van der Waals surface area contributed by atoms with Crippen LogP contribution in [-0.2, 0) is 19.0 Å². The Bertz CT molecular complexity index is 539. The van der Waals surface area contributed by atoms with Gasteiger partial charge in [-0.05, 0) is 20.8 Å². The Balaban J connectivity index is 2.86. The average Bonchev–Trinajstić information content (AvgIpc) is 2.49. The summed E-state index contributed by atoms with van der Waals surface area (Å²) in [6.07, 6.45) is -3.84. The highest BCUT2D eigenvalue weighted by atomic mass is 32.2. The number of hydrogen-bond donors (Lipinski definition) is 0. The van der Waals surface area contributed by atoms with E-state index < -0.39 is 52.4 Å². The highest BCUT2D eigenvalue weighted by Gasteiger charge is 2.57. The van der Waals surface area contributed by atoms with Crippen LogP contribution in [0.15, 0.2) is 0 Å². The second kappa shape index (κ2) is 5.48. The lowest BCUT2D eigenvalue weighted by atomic mass is 10.2. The molecule has 1 atom stereocenters. The van der Waals surface area contributed by atoms with Gasteiger partial charge in [0.25, 0.3) is 5.92 Å². The predicted molar refractivity (Wildman–Crippen MR) is 62.6 cm³/mol. The van der Waals surface area contributed by atoms with Crippen molar-refractivity contribution in [2.75, 3.05) is 13.1 Å². The molecule has 0 N–H and O–H groups in total. The van der Waals surface area contributed by atoms with E-state index in [4.69, 9.17) is 4.74 Å². The molecule has 1 aliphatic heterocycles. The molecule has 1 amide bonds. The molecule has 130 valence electrons. The van der Waals surface area contributed by atoms with Crippen LogP contribution in [0.4, 0.5) is 26.7 Å². The van der Waals surface area contributed by atoms with Crippen LogP contribution < -0.4 is 0 Å². The van der Waals surface area contributed by atoms with Gasteiger partial charge in [-0.1, -0.05) is 0 Å². The van der Waals surface area contributed by atoms with Crippen molar-refractivity contribution in [3.8, 4) is 0 Å². The van der Waals surface area contributed by atoms with Gasteiger partial charge >= 0.3 is 21.7 Å². The SMILES string of the molecule is CC(C)(C)OC(=O)N1C[C@H](OS(=O)(=O)C(F)(F)F)C(F)(F)C1. The highest BCUT2D eigenvalue weighted by Crippen LogP contribution is 2.35. The quantitative estimate of drug-likeness (QED) is 0.431. The zero-order valence-electron chi connectivity index (χ0n) is 11.8. The van der Waals surface area contributed by atoms with E-state index in [1.54, 1.807) is 0 Å². The molecule has 12 heteroatoms. The number of alkyl halides is 5. The number of nitrogens with zero attached hydrogens (tertiary/aromatic N) is 1. The summed E-state index contributed by atoms with van der Waals surface area (Å²) in [4.78, 5) is 12.0. The smallest absolute Gasteiger partial charge is 0.444 e. The summed E-state index contributed by atoms with van der Waals surface area (Å²) in [6.45, 7) is 2.03. The van der Waals surface area contributed by atoms with Crippen molar-refractivity contribution in [1.29, 1.82) is 0 Å². The molecule has 0 unspecified atom stereocenters. The number of halogens is 5. The first kappa shape index (κ1) is 18.9. The summed E-state index contributed by atoms with van der Waals surface area (Å²) in [5.41, 5.74) is -6.84. The molecule has 1 rings (SSSR count). The molecule has 22 heavy (non-hydrogen) atoms. The van der Waals surface area contributed by atoms with Crippen molar-refractivity contribution >= 4 is 16.2 Å². The average molecular weight is 355 g/mol. The first-order valence-corrected chi connectivity index (χ1v) is 7.31. The van der Waals surface area contributed by atoms with Gasteiger partial charge in [0.15, 0.2) is 6.10 Å². The van der Waals surface area contributed by atoms with Gasteiger partial charge in [0, 0.05) is 0 Å². The summed E-state index contributed by atoms with van der Waals surface area (Å²) in [5, 5.41) is 0. The van der Waals surface area contributed by atoms with Gasteiger partial charge in [-0.15, -0.1) is 0 Å². The fourth-order valence-corrected chi connectivity index (χ4v) is 2.14. The van der Waals surface area contributed by atoms with Crippen LogP contribution in [0.1, 0.15) is 20.8 Å². The molecule has 0 aliphatic carbocycles. The minimum absolute atomic E-state index is 0.391. The Morgan fingerprint density at radius 3 is 2.14 bits per heavy atom. The third-order valence-electron chi connectivity index (χ3n) is 2.44. The van der Waals surface area contributed by atoms with Crippen molar-refractivity contribution in [1.82, 2.24) is 4.90 Å². The molecule has 0 radical (unpaired) electrons. The molecule has 1 saturated heterocycles. The number of ether oxygens (including phenoxy) is 1. The van der Waals surface area contributed by atoms with E-state index in [0.717, 1.165) is 0 Å². The molecule has 0 spiro atoms. The third-order valence-corrected chi connectivity index (χ3v) is 3.49. The van der Waals surface area contributed by atoms with Crippen molar-refractivity contribution in [2.24, 2.45) is 0 Å². The third kappa shape index (κ3) is 4.41. The Hall–Kier alpha value is -1.17. The van der Waals surface area contributed by atoms with Crippen LogP contribution in [0, 0.1) is 0 Å². The van der Waals surface area contributed by atoms with Gasteiger partial charge in [-0.2, -0.15) is 21.6 Å². The van der Waals surface area contributed by atoms with Gasteiger partial charge in [0.05, 0.1) is 13.1 Å². The maximum atomic E-state index is 13.6. The molecule has 0 saturated carbocycles. The van der Waals surface area contributed by atoms with Gasteiger partial charge < -0.3 is 4.74 Å². The Morgan fingerprint density at radius 2 is 1.73 bits per heavy atom. The largest absolute Gasteiger partial charge is 0.523 e. The van der Waals surface area contributed by atoms with Crippen LogP contribution in [-0.4, -0.2) is 55.6 Å². The second-order valence-electron chi connectivity index (χ2n) is 5.61. The topological polar surface area (TPSA) is 72.9 Å². The molecule has 0 aromatic carbocycles. The van der Waals surface area contributed by atoms with E-state index in [2.05, 4.69) is 4.18 Å². The van der Waals surface area contributed by atoms with E-state index in [0.29, 0.717) is 4.90 Å². The molecular formula is C10H14F5NO5S. The number of hydrogen-bond acceptors (Lipinski definition) is 5. The molecule has 0 aromatic rings. The van der Waals surface area contributed by atoms with E-state index in [1.807, 2.05) is 0 Å². The molecular weight excluding hydrogens is 341 g/mol. The first-order chi connectivity index (χ1) is 9.55. The fraction of sp³-hybridized carbons (Fsp3) is 0.900. The van der Waals surface area contributed by atoms with Crippen molar-refractivity contribution in [3.63, 3.8) is 0 Å². The second-order valence-corrected chi connectivity index (χ2v) is 7.17. The Labute approximate surface area is 123 Å². The number of rotatable bonds is 2. The fourth-order valence-electron chi connectivity index (χ4n) is 1.53. The lowest BCUT2D eigenvalue weighted by molar-refractivity contribution is -0.0853. The lowest BCUT2D eigenvalue weighted by Crippen LogP contribution is -2.39. The van der Waals surface area contributed by atoms with Crippen LogP contribution in [0.2, 0.25) is 0 Å². The van der Waals surface area contributed by atoms with E-state index in [1.165, 1.54) is 20.8 Å². The Morgan fingerprint density at radius 1 is 1.23 bits per heavy atom. The zero-order valence-corrected chi connectivity index (χ0v) is 12.6. The van der Waals surface area contributed by atoms with Crippen LogP contribution in [0.5, 0.6) is 0 Å². The lowest BCUT2D eigenvalue weighted by Gasteiger charge is -2.24. The standard InChI is InChI=1S/C10H14F5NO5S/c1-8(2,3)20-7(17)16-4-6(9(11,12)5-16)21-22(18,19)10(13,14)15/h6H,4-5H2,1-3H3/t6-/m0/s1. The maximum Gasteiger partial charge on any atom is 0.523 e. The van der Waals surface area contributed by atoms with E-state index >= 15 is 0 Å². The van der Waals surface area contributed by atoms with Crippen molar-refractivity contribution in [3.05, 3.63) is 0 Å². The van der Waals surface area contributed by atoms with Crippen LogP contribution in [0.25, 0.3) is 0 Å². The summed E-state index contributed by atoms with van der Waals surface area (Å²) in [7, 11) is -6.20. The maximum absolute atomic E-state index is 13.6. The normalized spacial score (nSPS) is 22.7. The van der Waals surface area contributed by atoms with Gasteiger partial charge in [-0.25, -0.2) is 13.6 Å². The first-order valence-electron chi connectivity index (χ1n) is 5.90. The highest BCUT2D eigenvalue weighted by molar-refractivity contribution is 7.87. The van der Waals surface area contributed by atoms with Gasteiger partial charge in [0.1, 0.15) is 5.60 Å². The summed E-state index contributed by atoms with van der Waals surface area (Å²) in [5.74, 6) is -3.96. The van der Waals surface area contributed by atoms with Crippen LogP contribution in [0.3, 0.4) is 0 Å². The summed E-state index contributed by atoms with van der Waals surface area (Å²) in [6, 6.07) is 0.